The van der Waals surface area contributed by atoms with Crippen LogP contribution >= 0.6 is 15.9 Å². The first-order valence-corrected chi connectivity index (χ1v) is 7.82. The average Bonchev–Trinajstić information content (AvgIpc) is 2.51. The van der Waals surface area contributed by atoms with Gasteiger partial charge in [-0.05, 0) is 48.6 Å². The summed E-state index contributed by atoms with van der Waals surface area (Å²) in [6, 6.07) is 11.9. The molecular formula is C17H18BrNO2. The van der Waals surface area contributed by atoms with Crippen LogP contribution in [0.2, 0.25) is 0 Å². The molecule has 110 valence electrons. The third-order valence-electron chi connectivity index (χ3n) is 3.10. The van der Waals surface area contributed by atoms with Gasteiger partial charge in [0.25, 0.3) is 0 Å². The van der Waals surface area contributed by atoms with Crippen molar-refractivity contribution < 1.29 is 9.53 Å². The lowest BCUT2D eigenvalue weighted by Crippen LogP contribution is -2.07. The van der Waals surface area contributed by atoms with Crippen LogP contribution in [0.4, 0.5) is 0 Å². The molecule has 1 aromatic carbocycles. The van der Waals surface area contributed by atoms with Gasteiger partial charge < -0.3 is 4.74 Å². The molecule has 0 unspecified atom stereocenters. The second kappa shape index (κ2) is 8.57. The fourth-order valence-corrected chi connectivity index (χ4v) is 2.47. The second-order valence-electron chi connectivity index (χ2n) is 4.82. The Bertz CT molecular complexity index is 572. The summed E-state index contributed by atoms with van der Waals surface area (Å²) in [6.07, 6.45) is 6.44. The molecule has 1 heterocycles. The fourth-order valence-electron chi connectivity index (χ4n) is 2.02. The average molecular weight is 348 g/mol. The third-order valence-corrected chi connectivity index (χ3v) is 3.60. The van der Waals surface area contributed by atoms with Crippen LogP contribution in [0, 0.1) is 0 Å². The van der Waals surface area contributed by atoms with E-state index in [1.807, 2.05) is 42.6 Å². The minimum absolute atomic E-state index is 0.138. The molecule has 4 heteroatoms. The fraction of sp³-hybridized carbons (Fsp3) is 0.294. The summed E-state index contributed by atoms with van der Waals surface area (Å²) in [5, 5.41) is 0. The van der Waals surface area contributed by atoms with Crippen molar-refractivity contribution in [2.75, 3.05) is 6.61 Å². The first-order chi connectivity index (χ1) is 10.2. The molecule has 0 saturated heterocycles. The van der Waals surface area contributed by atoms with E-state index in [-0.39, 0.29) is 5.97 Å². The van der Waals surface area contributed by atoms with Gasteiger partial charge in [0, 0.05) is 23.3 Å². The van der Waals surface area contributed by atoms with Gasteiger partial charge in [0.15, 0.2) is 0 Å². The van der Waals surface area contributed by atoms with E-state index in [0.29, 0.717) is 19.4 Å². The van der Waals surface area contributed by atoms with Gasteiger partial charge in [-0.3, -0.25) is 9.78 Å². The van der Waals surface area contributed by atoms with Crippen molar-refractivity contribution in [1.29, 1.82) is 0 Å². The van der Waals surface area contributed by atoms with E-state index in [4.69, 9.17) is 4.74 Å². The zero-order valence-electron chi connectivity index (χ0n) is 11.8. The number of carbonyl (C=O) groups is 1. The van der Waals surface area contributed by atoms with Gasteiger partial charge in [-0.25, -0.2) is 0 Å². The van der Waals surface area contributed by atoms with Crippen molar-refractivity contribution in [3.8, 4) is 0 Å². The van der Waals surface area contributed by atoms with Gasteiger partial charge in [0.1, 0.15) is 0 Å². The highest BCUT2D eigenvalue weighted by atomic mass is 79.9. The molecule has 3 nitrogen and oxygen atoms in total. The number of pyridine rings is 1. The van der Waals surface area contributed by atoms with Gasteiger partial charge in [-0.2, -0.15) is 0 Å². The Hall–Kier alpha value is -1.68. The number of carbonyl (C=O) groups excluding carboxylic acids is 1. The summed E-state index contributed by atoms with van der Waals surface area (Å²) in [5.41, 5.74) is 2.30. The zero-order valence-corrected chi connectivity index (χ0v) is 13.4. The van der Waals surface area contributed by atoms with Crippen LogP contribution in [-0.2, 0) is 22.4 Å². The number of ether oxygens (including phenoxy) is 1. The van der Waals surface area contributed by atoms with E-state index in [1.54, 1.807) is 6.20 Å². The smallest absolute Gasteiger partial charge is 0.306 e. The van der Waals surface area contributed by atoms with Crippen molar-refractivity contribution in [2.24, 2.45) is 0 Å². The predicted molar refractivity (Wildman–Crippen MR) is 86.0 cm³/mol. The normalized spacial score (nSPS) is 10.3. The number of halogens is 1. The minimum atomic E-state index is -0.138. The molecule has 0 aliphatic rings. The minimum Gasteiger partial charge on any atom is -0.466 e. The molecule has 0 atom stereocenters. The SMILES string of the molecule is O=C(CCc1cccc(Br)c1)OCCCc1cccnc1. The van der Waals surface area contributed by atoms with Gasteiger partial charge in [-0.1, -0.05) is 34.1 Å². The van der Waals surface area contributed by atoms with E-state index in [9.17, 15) is 4.79 Å². The summed E-state index contributed by atoms with van der Waals surface area (Å²) in [6.45, 7) is 0.464. The highest BCUT2D eigenvalue weighted by molar-refractivity contribution is 9.10. The summed E-state index contributed by atoms with van der Waals surface area (Å²) in [5.74, 6) is -0.138. The molecule has 0 radical (unpaired) electrons. The molecule has 0 aliphatic carbocycles. The Labute approximate surface area is 133 Å². The summed E-state index contributed by atoms with van der Waals surface area (Å²) in [4.78, 5) is 15.7. The summed E-state index contributed by atoms with van der Waals surface area (Å²) < 4.78 is 6.28. The molecule has 2 rings (SSSR count). The largest absolute Gasteiger partial charge is 0.466 e. The molecule has 0 amide bonds. The number of esters is 1. The molecule has 0 bridgehead atoms. The van der Waals surface area contributed by atoms with Crippen molar-refractivity contribution in [3.63, 3.8) is 0 Å². The van der Waals surface area contributed by atoms with Crippen molar-refractivity contribution in [2.45, 2.75) is 25.7 Å². The molecule has 0 N–H and O–H groups in total. The van der Waals surface area contributed by atoms with Gasteiger partial charge in [0.05, 0.1) is 6.61 Å². The monoisotopic (exact) mass is 347 g/mol. The maximum atomic E-state index is 11.7. The molecular weight excluding hydrogens is 330 g/mol. The standard InChI is InChI=1S/C17H18BrNO2/c18-16-7-1-4-14(12-16)8-9-17(20)21-11-3-6-15-5-2-10-19-13-15/h1-2,4-5,7,10,12-13H,3,6,8-9,11H2. The van der Waals surface area contributed by atoms with Crippen LogP contribution in [0.25, 0.3) is 0 Å². The Morgan fingerprint density at radius 2 is 2.00 bits per heavy atom. The highest BCUT2D eigenvalue weighted by Crippen LogP contribution is 2.13. The maximum absolute atomic E-state index is 11.7. The van der Waals surface area contributed by atoms with E-state index in [2.05, 4.69) is 20.9 Å². The quantitative estimate of drug-likeness (QED) is 0.562. The van der Waals surface area contributed by atoms with Crippen LogP contribution in [0.3, 0.4) is 0 Å². The third kappa shape index (κ3) is 6.08. The number of hydrogen-bond donors (Lipinski definition) is 0. The molecule has 0 spiro atoms. The zero-order chi connectivity index (χ0) is 14.9. The Kier molecular flexibility index (Phi) is 6.41. The lowest BCUT2D eigenvalue weighted by Gasteiger charge is -2.05. The second-order valence-corrected chi connectivity index (χ2v) is 5.73. The van der Waals surface area contributed by atoms with E-state index < -0.39 is 0 Å². The highest BCUT2D eigenvalue weighted by Gasteiger charge is 2.04. The van der Waals surface area contributed by atoms with E-state index in [0.717, 1.165) is 22.9 Å². The van der Waals surface area contributed by atoms with Gasteiger partial charge in [0.2, 0.25) is 0 Å². The lowest BCUT2D eigenvalue weighted by atomic mass is 10.1. The van der Waals surface area contributed by atoms with Crippen molar-refractivity contribution in [1.82, 2.24) is 4.98 Å². The Balaban J connectivity index is 1.62. The van der Waals surface area contributed by atoms with Crippen LogP contribution in [-0.4, -0.2) is 17.6 Å². The van der Waals surface area contributed by atoms with Crippen LogP contribution < -0.4 is 0 Å². The lowest BCUT2D eigenvalue weighted by molar-refractivity contribution is -0.143. The number of aryl methyl sites for hydroxylation is 2. The Morgan fingerprint density at radius 3 is 2.76 bits per heavy atom. The van der Waals surface area contributed by atoms with Crippen molar-refractivity contribution >= 4 is 21.9 Å². The number of aromatic nitrogens is 1. The van der Waals surface area contributed by atoms with E-state index in [1.165, 1.54) is 5.56 Å². The number of rotatable bonds is 7. The molecule has 0 aliphatic heterocycles. The topological polar surface area (TPSA) is 39.2 Å². The molecule has 0 fully saturated rings. The maximum Gasteiger partial charge on any atom is 0.306 e. The van der Waals surface area contributed by atoms with Crippen molar-refractivity contribution in [3.05, 3.63) is 64.4 Å². The van der Waals surface area contributed by atoms with Gasteiger partial charge >= 0.3 is 5.97 Å². The summed E-state index contributed by atoms with van der Waals surface area (Å²) in [7, 11) is 0. The first-order valence-electron chi connectivity index (χ1n) is 7.03. The number of benzene rings is 1. The Morgan fingerprint density at radius 1 is 1.14 bits per heavy atom. The predicted octanol–water partition coefficient (Wildman–Crippen LogP) is 3.95. The van der Waals surface area contributed by atoms with Crippen LogP contribution in [0.1, 0.15) is 24.0 Å². The summed E-state index contributed by atoms with van der Waals surface area (Å²) >= 11 is 3.42. The number of nitrogens with zero attached hydrogens (tertiary/aromatic N) is 1. The van der Waals surface area contributed by atoms with Gasteiger partial charge in [-0.15, -0.1) is 0 Å². The van der Waals surface area contributed by atoms with E-state index >= 15 is 0 Å². The number of hydrogen-bond acceptors (Lipinski definition) is 3. The molecule has 1 aromatic heterocycles. The molecule has 21 heavy (non-hydrogen) atoms. The van der Waals surface area contributed by atoms with Crippen LogP contribution in [0.5, 0.6) is 0 Å². The van der Waals surface area contributed by atoms with Crippen LogP contribution in [0.15, 0.2) is 53.3 Å². The molecule has 0 saturated carbocycles. The first kappa shape index (κ1) is 15.7. The molecule has 2 aromatic rings.